The van der Waals surface area contributed by atoms with Crippen molar-refractivity contribution in [2.45, 2.75) is 13.5 Å². The van der Waals surface area contributed by atoms with E-state index in [0.717, 1.165) is 0 Å². The maximum absolute atomic E-state index is 12.2. The van der Waals surface area contributed by atoms with Crippen molar-refractivity contribution in [1.29, 1.82) is 0 Å². The fraction of sp³-hybridized carbons (Fsp3) is 0.231. The molecule has 0 radical (unpaired) electrons. The topological polar surface area (TPSA) is 56.2 Å². The summed E-state index contributed by atoms with van der Waals surface area (Å²) in [6, 6.07) is 4.98. The third kappa shape index (κ3) is 2.89. The Morgan fingerprint density at radius 1 is 1.40 bits per heavy atom. The molecule has 2 rings (SSSR count). The highest BCUT2D eigenvalue weighted by Crippen LogP contribution is 2.27. The summed E-state index contributed by atoms with van der Waals surface area (Å²) in [6.45, 7) is 2.43. The van der Waals surface area contributed by atoms with Gasteiger partial charge in [0.05, 0.1) is 23.4 Å². The first-order valence-corrected chi connectivity index (χ1v) is 6.68. The maximum atomic E-state index is 12.2. The van der Waals surface area contributed by atoms with Crippen LogP contribution in [-0.4, -0.2) is 22.8 Å². The molecule has 106 valence electrons. The quantitative estimate of drug-likeness (QED) is 0.940. The number of benzene rings is 1. The van der Waals surface area contributed by atoms with Gasteiger partial charge < -0.3 is 10.1 Å². The van der Waals surface area contributed by atoms with Crippen LogP contribution in [0.4, 0.5) is 5.69 Å². The number of carbonyl (C=O) groups is 1. The Labute approximate surface area is 126 Å². The van der Waals surface area contributed by atoms with E-state index < -0.39 is 0 Å². The van der Waals surface area contributed by atoms with Crippen molar-refractivity contribution in [3.05, 3.63) is 40.1 Å². The Morgan fingerprint density at radius 2 is 2.15 bits per heavy atom. The van der Waals surface area contributed by atoms with Crippen LogP contribution in [0.2, 0.25) is 10.0 Å². The second-order valence-electron chi connectivity index (χ2n) is 3.96. The monoisotopic (exact) mass is 313 g/mol. The minimum atomic E-state index is -0.337. The zero-order valence-corrected chi connectivity index (χ0v) is 12.5. The number of hydrogen-bond donors (Lipinski definition) is 1. The van der Waals surface area contributed by atoms with Gasteiger partial charge in [0.2, 0.25) is 0 Å². The predicted molar refractivity (Wildman–Crippen MR) is 78.9 cm³/mol. The van der Waals surface area contributed by atoms with Gasteiger partial charge in [-0.25, -0.2) is 0 Å². The zero-order chi connectivity index (χ0) is 14.7. The normalized spacial score (nSPS) is 10.4. The number of hydrogen-bond acceptors (Lipinski definition) is 3. The number of methoxy groups -OCH3 is 1. The summed E-state index contributed by atoms with van der Waals surface area (Å²) in [4.78, 5) is 12.2. The Kier molecular flexibility index (Phi) is 4.52. The van der Waals surface area contributed by atoms with Crippen molar-refractivity contribution >= 4 is 34.8 Å². The van der Waals surface area contributed by atoms with Gasteiger partial charge in [-0.2, -0.15) is 5.10 Å². The van der Waals surface area contributed by atoms with Crippen molar-refractivity contribution in [2.24, 2.45) is 0 Å². The Hall–Kier alpha value is -1.72. The van der Waals surface area contributed by atoms with E-state index >= 15 is 0 Å². The van der Waals surface area contributed by atoms with Crippen molar-refractivity contribution in [3.8, 4) is 5.75 Å². The van der Waals surface area contributed by atoms with E-state index in [4.69, 9.17) is 27.9 Å². The highest BCUT2D eigenvalue weighted by Gasteiger charge is 2.17. The SMILES string of the molecule is CCn1ncc(Cl)c1C(=O)Nc1ccc(OC)c(Cl)c1. The van der Waals surface area contributed by atoms with E-state index in [1.807, 2.05) is 6.92 Å². The van der Waals surface area contributed by atoms with Gasteiger partial charge in [0.25, 0.3) is 5.91 Å². The van der Waals surface area contributed by atoms with E-state index in [1.165, 1.54) is 18.0 Å². The predicted octanol–water partition coefficient (Wildman–Crippen LogP) is 3.47. The summed E-state index contributed by atoms with van der Waals surface area (Å²) in [6.07, 6.45) is 1.45. The maximum Gasteiger partial charge on any atom is 0.275 e. The van der Waals surface area contributed by atoms with Gasteiger partial charge in [-0.15, -0.1) is 0 Å². The molecule has 0 bridgehead atoms. The van der Waals surface area contributed by atoms with Gasteiger partial charge in [0, 0.05) is 12.2 Å². The molecule has 0 saturated heterocycles. The first kappa shape index (κ1) is 14.7. The molecule has 0 aliphatic rings. The molecule has 2 aromatic rings. The summed E-state index contributed by atoms with van der Waals surface area (Å²) in [5.41, 5.74) is 0.877. The molecule has 1 amide bonds. The van der Waals surface area contributed by atoms with Crippen LogP contribution in [0.5, 0.6) is 5.75 Å². The fourth-order valence-corrected chi connectivity index (χ4v) is 2.25. The molecule has 0 unspecified atom stereocenters. The summed E-state index contributed by atoms with van der Waals surface area (Å²) in [5, 5.41) is 7.47. The zero-order valence-electron chi connectivity index (χ0n) is 11.0. The Balaban J connectivity index is 2.23. The summed E-state index contributed by atoms with van der Waals surface area (Å²) in [7, 11) is 1.53. The molecule has 1 aromatic heterocycles. The number of halogens is 2. The third-order valence-corrected chi connectivity index (χ3v) is 3.29. The number of nitrogens with one attached hydrogen (secondary N) is 1. The number of anilines is 1. The standard InChI is InChI=1S/C13H13Cl2N3O2/c1-3-18-12(10(15)7-16-18)13(19)17-8-4-5-11(20-2)9(14)6-8/h4-7H,3H2,1-2H3,(H,17,19). The average Bonchev–Trinajstić information content (AvgIpc) is 2.80. The van der Waals surface area contributed by atoms with Crippen LogP contribution in [-0.2, 0) is 6.54 Å². The van der Waals surface area contributed by atoms with Crippen LogP contribution in [0.15, 0.2) is 24.4 Å². The van der Waals surface area contributed by atoms with Crippen LogP contribution < -0.4 is 10.1 Å². The number of aryl methyl sites for hydroxylation is 1. The number of amides is 1. The highest BCUT2D eigenvalue weighted by atomic mass is 35.5. The van der Waals surface area contributed by atoms with Crippen LogP contribution in [0, 0.1) is 0 Å². The van der Waals surface area contributed by atoms with Crippen molar-refractivity contribution in [3.63, 3.8) is 0 Å². The molecule has 1 N–H and O–H groups in total. The van der Waals surface area contributed by atoms with E-state index in [9.17, 15) is 4.79 Å². The number of ether oxygens (including phenoxy) is 1. The molecule has 20 heavy (non-hydrogen) atoms. The van der Waals surface area contributed by atoms with E-state index in [2.05, 4.69) is 10.4 Å². The van der Waals surface area contributed by atoms with Gasteiger partial charge >= 0.3 is 0 Å². The molecule has 1 aromatic carbocycles. The molecule has 0 saturated carbocycles. The molecule has 0 atom stereocenters. The summed E-state index contributed by atoms with van der Waals surface area (Å²) in [5.74, 6) is 0.205. The molecular formula is C13H13Cl2N3O2. The van der Waals surface area contributed by atoms with Gasteiger partial charge in [0.1, 0.15) is 11.4 Å². The minimum Gasteiger partial charge on any atom is -0.495 e. The molecule has 0 spiro atoms. The molecule has 0 aliphatic carbocycles. The van der Waals surface area contributed by atoms with Crippen molar-refractivity contribution in [1.82, 2.24) is 9.78 Å². The van der Waals surface area contributed by atoms with Gasteiger partial charge in [-0.05, 0) is 25.1 Å². The van der Waals surface area contributed by atoms with Crippen LogP contribution in [0.1, 0.15) is 17.4 Å². The molecule has 1 heterocycles. The molecule has 0 fully saturated rings. The van der Waals surface area contributed by atoms with Gasteiger partial charge in [-0.3, -0.25) is 9.48 Å². The summed E-state index contributed by atoms with van der Waals surface area (Å²) < 4.78 is 6.58. The lowest BCUT2D eigenvalue weighted by molar-refractivity contribution is 0.101. The van der Waals surface area contributed by atoms with Crippen molar-refractivity contribution in [2.75, 3.05) is 12.4 Å². The molecule has 0 aliphatic heterocycles. The lowest BCUT2D eigenvalue weighted by Crippen LogP contribution is -2.17. The Morgan fingerprint density at radius 3 is 2.75 bits per heavy atom. The number of rotatable bonds is 4. The average molecular weight is 314 g/mol. The lowest BCUT2D eigenvalue weighted by atomic mass is 10.3. The van der Waals surface area contributed by atoms with Crippen LogP contribution in [0.25, 0.3) is 0 Å². The number of aromatic nitrogens is 2. The van der Waals surface area contributed by atoms with Gasteiger partial charge in [0.15, 0.2) is 0 Å². The van der Waals surface area contributed by atoms with Crippen LogP contribution in [0.3, 0.4) is 0 Å². The first-order chi connectivity index (χ1) is 9.56. The fourth-order valence-electron chi connectivity index (χ4n) is 1.76. The summed E-state index contributed by atoms with van der Waals surface area (Å²) >= 11 is 12.0. The molecular weight excluding hydrogens is 301 g/mol. The van der Waals surface area contributed by atoms with Crippen molar-refractivity contribution < 1.29 is 9.53 Å². The van der Waals surface area contributed by atoms with E-state index in [-0.39, 0.29) is 5.91 Å². The van der Waals surface area contributed by atoms with Crippen LogP contribution >= 0.6 is 23.2 Å². The second-order valence-corrected chi connectivity index (χ2v) is 4.77. The first-order valence-electron chi connectivity index (χ1n) is 5.93. The highest BCUT2D eigenvalue weighted by molar-refractivity contribution is 6.34. The Bertz CT molecular complexity index is 641. The van der Waals surface area contributed by atoms with Gasteiger partial charge in [-0.1, -0.05) is 23.2 Å². The lowest BCUT2D eigenvalue weighted by Gasteiger charge is -2.09. The van der Waals surface area contributed by atoms with E-state index in [1.54, 1.807) is 18.2 Å². The molecule has 7 heteroatoms. The number of carbonyl (C=O) groups excluding carboxylic acids is 1. The minimum absolute atomic E-state index is 0.309. The largest absolute Gasteiger partial charge is 0.495 e. The smallest absolute Gasteiger partial charge is 0.275 e. The second kappa shape index (κ2) is 6.15. The number of nitrogens with zero attached hydrogens (tertiary/aromatic N) is 2. The van der Waals surface area contributed by atoms with E-state index in [0.29, 0.717) is 33.7 Å². The molecule has 5 nitrogen and oxygen atoms in total. The third-order valence-electron chi connectivity index (χ3n) is 2.72.